The number of hydrogen-bond donors (Lipinski definition) is 1. The van der Waals surface area contributed by atoms with Crippen LogP contribution in [0.1, 0.15) is 41.7 Å². The number of nitrogens with one attached hydrogen (secondary N) is 1. The van der Waals surface area contributed by atoms with E-state index < -0.39 is 0 Å². The number of para-hydroxylation sites is 2. The predicted octanol–water partition coefficient (Wildman–Crippen LogP) is 5.16. The van der Waals surface area contributed by atoms with E-state index in [0.29, 0.717) is 40.2 Å². The minimum Gasteiger partial charge on any atom is -0.493 e. The van der Waals surface area contributed by atoms with Gasteiger partial charge in [-0.15, -0.1) is 0 Å². The zero-order chi connectivity index (χ0) is 26.8. The van der Waals surface area contributed by atoms with Crippen molar-refractivity contribution in [1.29, 1.82) is 0 Å². The molecule has 8 nitrogen and oxygen atoms in total. The van der Waals surface area contributed by atoms with Crippen LogP contribution in [0.3, 0.4) is 0 Å². The molecule has 2 aromatic carbocycles. The van der Waals surface area contributed by atoms with Crippen LogP contribution in [0, 0.1) is 12.8 Å². The standard InChI is InChI=1S/C29H31ClN4O4/c1-18-23(14-20(30)16-31-18)28(35)32-21-10-8-19(9-11-21)17-33-24-6-4-5-7-25(24)34(29(33)36)22-12-13-26(37-2)27(15-22)38-3/h4-7,12-16,19,21H,8-11,17H2,1-3H3,(H,32,35). The van der Waals surface area contributed by atoms with Crippen molar-refractivity contribution in [2.45, 2.75) is 45.2 Å². The lowest BCUT2D eigenvalue weighted by Gasteiger charge is -2.29. The summed E-state index contributed by atoms with van der Waals surface area (Å²) in [4.78, 5) is 30.7. The minimum atomic E-state index is -0.143. The van der Waals surface area contributed by atoms with Gasteiger partial charge < -0.3 is 14.8 Å². The van der Waals surface area contributed by atoms with E-state index >= 15 is 0 Å². The number of imidazole rings is 1. The number of rotatable bonds is 7. The highest BCUT2D eigenvalue weighted by Gasteiger charge is 2.26. The van der Waals surface area contributed by atoms with Gasteiger partial charge in [-0.25, -0.2) is 4.79 Å². The van der Waals surface area contributed by atoms with Gasteiger partial charge in [0, 0.05) is 24.8 Å². The summed E-state index contributed by atoms with van der Waals surface area (Å²) in [7, 11) is 3.17. The van der Waals surface area contributed by atoms with Crippen LogP contribution in [-0.2, 0) is 6.54 Å². The first kappa shape index (κ1) is 25.9. The van der Waals surface area contributed by atoms with Crippen LogP contribution in [0.25, 0.3) is 16.7 Å². The number of pyridine rings is 1. The van der Waals surface area contributed by atoms with Crippen molar-refractivity contribution in [3.8, 4) is 17.2 Å². The molecular formula is C29H31ClN4O4. The lowest BCUT2D eigenvalue weighted by Crippen LogP contribution is -2.39. The number of ether oxygens (including phenoxy) is 2. The Bertz CT molecular complexity index is 1540. The molecule has 2 aromatic heterocycles. The highest BCUT2D eigenvalue weighted by atomic mass is 35.5. The average molecular weight is 535 g/mol. The van der Waals surface area contributed by atoms with Crippen molar-refractivity contribution in [3.05, 3.63) is 81.5 Å². The van der Waals surface area contributed by atoms with Crippen LogP contribution in [0.2, 0.25) is 5.02 Å². The number of aromatic nitrogens is 3. The Morgan fingerprint density at radius 3 is 2.45 bits per heavy atom. The molecular weight excluding hydrogens is 504 g/mol. The molecule has 0 radical (unpaired) electrons. The lowest BCUT2D eigenvalue weighted by molar-refractivity contribution is 0.0919. The molecule has 1 amide bonds. The monoisotopic (exact) mass is 534 g/mol. The lowest BCUT2D eigenvalue weighted by atomic mass is 9.85. The number of carbonyl (C=O) groups excluding carboxylic acids is 1. The zero-order valence-electron chi connectivity index (χ0n) is 21.7. The molecule has 5 rings (SSSR count). The summed E-state index contributed by atoms with van der Waals surface area (Å²) in [6.07, 6.45) is 5.09. The van der Waals surface area contributed by atoms with E-state index in [1.54, 1.807) is 38.0 Å². The quantitative estimate of drug-likeness (QED) is 0.354. The van der Waals surface area contributed by atoms with E-state index in [-0.39, 0.29) is 17.6 Å². The van der Waals surface area contributed by atoms with Gasteiger partial charge in [0.25, 0.3) is 5.91 Å². The van der Waals surface area contributed by atoms with E-state index in [1.165, 1.54) is 0 Å². The third kappa shape index (κ3) is 5.00. The Hall–Kier alpha value is -3.78. The van der Waals surface area contributed by atoms with Crippen LogP contribution in [0.4, 0.5) is 0 Å². The topological polar surface area (TPSA) is 87.4 Å². The second-order valence-corrected chi connectivity index (χ2v) is 10.2. The Labute approximate surface area is 226 Å². The number of carbonyl (C=O) groups is 1. The van der Waals surface area contributed by atoms with Gasteiger partial charge in [-0.05, 0) is 68.9 Å². The number of halogens is 1. The maximum Gasteiger partial charge on any atom is 0.333 e. The van der Waals surface area contributed by atoms with Crippen LogP contribution < -0.4 is 20.5 Å². The Morgan fingerprint density at radius 2 is 1.74 bits per heavy atom. The highest BCUT2D eigenvalue weighted by Crippen LogP contribution is 2.31. The summed E-state index contributed by atoms with van der Waals surface area (Å²) in [6.45, 7) is 2.43. The van der Waals surface area contributed by atoms with Gasteiger partial charge in [-0.3, -0.25) is 18.9 Å². The number of fused-ring (bicyclic) bond motifs is 1. The normalized spacial score (nSPS) is 17.4. The smallest absolute Gasteiger partial charge is 0.333 e. The molecule has 0 unspecified atom stereocenters. The number of aryl methyl sites for hydroxylation is 1. The van der Waals surface area contributed by atoms with E-state index in [0.717, 1.165) is 42.4 Å². The number of benzene rings is 2. The van der Waals surface area contributed by atoms with E-state index in [4.69, 9.17) is 21.1 Å². The molecule has 0 saturated heterocycles. The van der Waals surface area contributed by atoms with Gasteiger partial charge in [0.1, 0.15) is 0 Å². The van der Waals surface area contributed by atoms with Crippen LogP contribution >= 0.6 is 11.6 Å². The molecule has 1 fully saturated rings. The summed E-state index contributed by atoms with van der Waals surface area (Å²) in [5.41, 5.74) is 3.54. The number of amides is 1. The summed E-state index contributed by atoms with van der Waals surface area (Å²) in [6, 6.07) is 15.1. The van der Waals surface area contributed by atoms with Gasteiger partial charge >= 0.3 is 5.69 Å². The minimum absolute atomic E-state index is 0.0851. The molecule has 0 aliphatic heterocycles. The first-order valence-corrected chi connectivity index (χ1v) is 13.1. The maximum atomic E-state index is 13.7. The molecule has 0 spiro atoms. The van der Waals surface area contributed by atoms with Crippen molar-refractivity contribution in [2.24, 2.45) is 5.92 Å². The first-order chi connectivity index (χ1) is 18.4. The van der Waals surface area contributed by atoms with Crippen molar-refractivity contribution in [2.75, 3.05) is 14.2 Å². The SMILES string of the molecule is COc1ccc(-n2c(=O)n(CC3CCC(NC(=O)c4cc(Cl)cnc4C)CC3)c3ccccc32)cc1OC. The molecule has 1 aliphatic carbocycles. The summed E-state index contributed by atoms with van der Waals surface area (Å²) in [5, 5.41) is 3.59. The summed E-state index contributed by atoms with van der Waals surface area (Å²) >= 11 is 6.04. The number of nitrogens with zero attached hydrogens (tertiary/aromatic N) is 3. The highest BCUT2D eigenvalue weighted by molar-refractivity contribution is 6.30. The fraction of sp³-hybridized carbons (Fsp3) is 0.345. The van der Waals surface area contributed by atoms with E-state index in [1.807, 2.05) is 47.0 Å². The first-order valence-electron chi connectivity index (χ1n) is 12.7. The second kappa shape index (κ2) is 10.9. The van der Waals surface area contributed by atoms with Gasteiger partial charge in [0.05, 0.1) is 47.2 Å². The van der Waals surface area contributed by atoms with Crippen molar-refractivity contribution < 1.29 is 14.3 Å². The average Bonchev–Trinajstić information content (AvgIpc) is 3.21. The molecule has 38 heavy (non-hydrogen) atoms. The van der Waals surface area contributed by atoms with E-state index in [9.17, 15) is 9.59 Å². The van der Waals surface area contributed by atoms with Crippen molar-refractivity contribution in [3.63, 3.8) is 0 Å². The molecule has 9 heteroatoms. The summed E-state index contributed by atoms with van der Waals surface area (Å²) in [5.74, 6) is 1.37. The van der Waals surface area contributed by atoms with Crippen LogP contribution in [0.5, 0.6) is 11.5 Å². The maximum absolute atomic E-state index is 13.7. The van der Waals surface area contributed by atoms with Crippen LogP contribution in [-0.4, -0.2) is 40.3 Å². The largest absolute Gasteiger partial charge is 0.493 e. The molecule has 0 bridgehead atoms. The van der Waals surface area contributed by atoms with Gasteiger partial charge in [-0.1, -0.05) is 23.7 Å². The Morgan fingerprint density at radius 1 is 1.03 bits per heavy atom. The molecule has 0 atom stereocenters. The Kier molecular flexibility index (Phi) is 7.42. The molecule has 1 aliphatic rings. The predicted molar refractivity (Wildman–Crippen MR) is 148 cm³/mol. The van der Waals surface area contributed by atoms with Crippen LogP contribution in [0.15, 0.2) is 59.5 Å². The fourth-order valence-electron chi connectivity index (χ4n) is 5.35. The zero-order valence-corrected chi connectivity index (χ0v) is 22.5. The summed E-state index contributed by atoms with van der Waals surface area (Å²) < 4.78 is 14.4. The molecule has 4 aromatic rings. The Balaban J connectivity index is 1.33. The van der Waals surface area contributed by atoms with Gasteiger partial charge in [0.2, 0.25) is 0 Å². The fourth-order valence-corrected chi connectivity index (χ4v) is 5.50. The molecule has 198 valence electrons. The molecule has 1 N–H and O–H groups in total. The van der Waals surface area contributed by atoms with E-state index in [2.05, 4.69) is 10.3 Å². The van der Waals surface area contributed by atoms with Crippen molar-refractivity contribution in [1.82, 2.24) is 19.4 Å². The third-order valence-corrected chi connectivity index (χ3v) is 7.59. The van der Waals surface area contributed by atoms with Gasteiger partial charge in [-0.2, -0.15) is 0 Å². The third-order valence-electron chi connectivity index (χ3n) is 7.38. The van der Waals surface area contributed by atoms with Gasteiger partial charge in [0.15, 0.2) is 11.5 Å². The second-order valence-electron chi connectivity index (χ2n) is 9.73. The van der Waals surface area contributed by atoms with Crippen molar-refractivity contribution >= 4 is 28.5 Å². The molecule has 2 heterocycles. The number of methoxy groups -OCH3 is 2. The number of hydrogen-bond acceptors (Lipinski definition) is 5. The molecule has 1 saturated carbocycles.